The van der Waals surface area contributed by atoms with Crippen molar-refractivity contribution in [1.29, 1.82) is 0 Å². The third-order valence-electron chi connectivity index (χ3n) is 4.09. The summed E-state index contributed by atoms with van der Waals surface area (Å²) in [5.41, 5.74) is 2.00. The second-order valence-electron chi connectivity index (χ2n) is 5.59. The van der Waals surface area contributed by atoms with Crippen LogP contribution in [0.3, 0.4) is 0 Å². The number of hydrogen-bond acceptors (Lipinski definition) is 3. The van der Waals surface area contributed by atoms with Crippen molar-refractivity contribution in [2.24, 2.45) is 7.05 Å². The Kier molecular flexibility index (Phi) is 3.34. The molecule has 6 heteroatoms. The number of benzene rings is 1. The molecule has 5 nitrogen and oxygen atoms in total. The van der Waals surface area contributed by atoms with Gasteiger partial charge in [-0.25, -0.2) is 0 Å². The zero-order chi connectivity index (χ0) is 16.0. The fourth-order valence-electron chi connectivity index (χ4n) is 2.90. The van der Waals surface area contributed by atoms with E-state index in [4.69, 9.17) is 4.42 Å². The molecule has 116 valence electrons. The van der Waals surface area contributed by atoms with Gasteiger partial charge in [-0.1, -0.05) is 28.1 Å². The minimum Gasteiger partial charge on any atom is -0.460 e. The molecule has 0 bridgehead atoms. The Balaban J connectivity index is 1.72. The number of carbonyl (C=O) groups is 1. The van der Waals surface area contributed by atoms with E-state index in [1.54, 1.807) is 10.9 Å². The first-order valence-electron chi connectivity index (χ1n) is 7.29. The summed E-state index contributed by atoms with van der Waals surface area (Å²) in [4.78, 5) is 12.0. The van der Waals surface area contributed by atoms with Gasteiger partial charge in [0.2, 0.25) is 5.91 Å². The van der Waals surface area contributed by atoms with E-state index in [2.05, 4.69) is 26.3 Å². The average molecular weight is 372 g/mol. The van der Waals surface area contributed by atoms with Crippen LogP contribution in [0.2, 0.25) is 0 Å². The molecule has 2 aromatic heterocycles. The van der Waals surface area contributed by atoms with E-state index in [0.29, 0.717) is 6.42 Å². The lowest BCUT2D eigenvalue weighted by Crippen LogP contribution is -2.24. The Morgan fingerprint density at radius 2 is 2.04 bits per heavy atom. The average Bonchev–Trinajstić information content (AvgIpc) is 3.16. The van der Waals surface area contributed by atoms with E-state index >= 15 is 0 Å². The van der Waals surface area contributed by atoms with Crippen molar-refractivity contribution in [2.45, 2.75) is 12.3 Å². The van der Waals surface area contributed by atoms with Crippen LogP contribution in [0, 0.1) is 0 Å². The van der Waals surface area contributed by atoms with Gasteiger partial charge in [-0.3, -0.25) is 9.48 Å². The largest absolute Gasteiger partial charge is 0.460 e. The molecule has 0 saturated heterocycles. The molecule has 23 heavy (non-hydrogen) atoms. The summed E-state index contributed by atoms with van der Waals surface area (Å²) < 4.78 is 8.73. The number of aryl methyl sites for hydroxylation is 1. The SMILES string of the molecule is Cn1ncc2c1NC(=O)CC2c1ccc(-c2ccc(Br)cc2)o1. The van der Waals surface area contributed by atoms with Crippen LogP contribution in [0.4, 0.5) is 5.82 Å². The second kappa shape index (κ2) is 5.38. The third-order valence-corrected chi connectivity index (χ3v) is 4.62. The molecule has 1 amide bonds. The second-order valence-corrected chi connectivity index (χ2v) is 6.50. The monoisotopic (exact) mass is 371 g/mol. The normalized spacial score (nSPS) is 17.0. The molecule has 0 radical (unpaired) electrons. The number of amides is 1. The van der Waals surface area contributed by atoms with Gasteiger partial charge in [0.1, 0.15) is 17.3 Å². The highest BCUT2D eigenvalue weighted by Crippen LogP contribution is 2.38. The number of furan rings is 1. The third kappa shape index (κ3) is 2.49. The first-order chi connectivity index (χ1) is 11.1. The standard InChI is InChI=1S/C17H14BrN3O2/c1-21-17-13(9-19-21)12(8-16(22)20-17)15-7-6-14(23-15)10-2-4-11(18)5-3-10/h2-7,9,12H,8H2,1H3,(H,20,22). The van der Waals surface area contributed by atoms with Crippen molar-refractivity contribution in [3.63, 3.8) is 0 Å². The van der Waals surface area contributed by atoms with Crippen LogP contribution in [-0.2, 0) is 11.8 Å². The van der Waals surface area contributed by atoms with Gasteiger partial charge in [-0.2, -0.15) is 5.10 Å². The number of hydrogen-bond donors (Lipinski definition) is 1. The van der Waals surface area contributed by atoms with Crippen molar-refractivity contribution < 1.29 is 9.21 Å². The Morgan fingerprint density at radius 1 is 1.26 bits per heavy atom. The zero-order valence-corrected chi connectivity index (χ0v) is 14.0. The highest BCUT2D eigenvalue weighted by molar-refractivity contribution is 9.10. The Morgan fingerprint density at radius 3 is 2.83 bits per heavy atom. The number of nitrogens with one attached hydrogen (secondary N) is 1. The first-order valence-corrected chi connectivity index (χ1v) is 8.08. The molecular formula is C17H14BrN3O2. The summed E-state index contributed by atoms with van der Waals surface area (Å²) >= 11 is 3.43. The molecule has 1 unspecified atom stereocenters. The molecule has 0 spiro atoms. The van der Waals surface area contributed by atoms with Gasteiger partial charge in [0.15, 0.2) is 0 Å². The van der Waals surface area contributed by atoms with Crippen LogP contribution in [-0.4, -0.2) is 15.7 Å². The topological polar surface area (TPSA) is 60.1 Å². The molecule has 0 fully saturated rings. The van der Waals surface area contributed by atoms with Gasteiger partial charge in [0.05, 0.1) is 12.1 Å². The van der Waals surface area contributed by atoms with Crippen LogP contribution < -0.4 is 5.32 Å². The van der Waals surface area contributed by atoms with Gasteiger partial charge in [-0.15, -0.1) is 0 Å². The zero-order valence-electron chi connectivity index (χ0n) is 12.4. The van der Waals surface area contributed by atoms with Crippen LogP contribution >= 0.6 is 15.9 Å². The first kappa shape index (κ1) is 14.3. The Labute approximate surface area is 141 Å². The lowest BCUT2D eigenvalue weighted by molar-refractivity contribution is -0.116. The maximum Gasteiger partial charge on any atom is 0.226 e. The van der Waals surface area contributed by atoms with Crippen molar-refractivity contribution in [2.75, 3.05) is 5.32 Å². The lowest BCUT2D eigenvalue weighted by Gasteiger charge is -2.21. The molecule has 1 atom stereocenters. The van der Waals surface area contributed by atoms with Crippen LogP contribution in [0.15, 0.2) is 51.5 Å². The molecular weight excluding hydrogens is 358 g/mol. The van der Waals surface area contributed by atoms with Crippen molar-refractivity contribution in [3.05, 3.63) is 58.4 Å². The van der Waals surface area contributed by atoms with E-state index in [1.165, 1.54) is 0 Å². The molecule has 0 aliphatic carbocycles. The Bertz CT molecular complexity index is 880. The number of anilines is 1. The smallest absolute Gasteiger partial charge is 0.226 e. The summed E-state index contributed by atoms with van der Waals surface area (Å²) in [5, 5.41) is 7.11. The highest BCUT2D eigenvalue weighted by atomic mass is 79.9. The van der Waals surface area contributed by atoms with Gasteiger partial charge < -0.3 is 9.73 Å². The van der Waals surface area contributed by atoms with Crippen molar-refractivity contribution in [1.82, 2.24) is 9.78 Å². The number of rotatable bonds is 2. The molecule has 4 rings (SSSR count). The number of halogens is 1. The van der Waals surface area contributed by atoms with Gasteiger partial charge in [-0.05, 0) is 24.3 Å². The summed E-state index contributed by atoms with van der Waals surface area (Å²) in [6.07, 6.45) is 2.16. The summed E-state index contributed by atoms with van der Waals surface area (Å²) in [6.45, 7) is 0. The van der Waals surface area contributed by atoms with Gasteiger partial charge in [0.25, 0.3) is 0 Å². The predicted molar refractivity (Wildman–Crippen MR) is 90.1 cm³/mol. The number of nitrogens with zero attached hydrogens (tertiary/aromatic N) is 2. The fourth-order valence-corrected chi connectivity index (χ4v) is 3.17. The van der Waals surface area contributed by atoms with Crippen molar-refractivity contribution >= 4 is 27.7 Å². The van der Waals surface area contributed by atoms with E-state index in [0.717, 1.165) is 32.9 Å². The number of aromatic nitrogens is 2. The quantitative estimate of drug-likeness (QED) is 0.742. The molecule has 3 heterocycles. The summed E-state index contributed by atoms with van der Waals surface area (Å²) in [6, 6.07) is 11.8. The maximum absolute atomic E-state index is 12.0. The Hall–Kier alpha value is -2.34. The van der Waals surface area contributed by atoms with Crippen molar-refractivity contribution in [3.8, 4) is 11.3 Å². The molecule has 1 aromatic carbocycles. The van der Waals surface area contributed by atoms with E-state index in [-0.39, 0.29) is 11.8 Å². The minimum absolute atomic E-state index is 0.0207. The molecule has 1 aliphatic heterocycles. The van der Waals surface area contributed by atoms with Gasteiger partial charge >= 0.3 is 0 Å². The van der Waals surface area contributed by atoms with Crippen LogP contribution in [0.5, 0.6) is 0 Å². The summed E-state index contributed by atoms with van der Waals surface area (Å²) in [7, 11) is 1.82. The maximum atomic E-state index is 12.0. The molecule has 0 saturated carbocycles. The highest BCUT2D eigenvalue weighted by Gasteiger charge is 2.31. The minimum atomic E-state index is -0.100. The molecule has 3 aromatic rings. The lowest BCUT2D eigenvalue weighted by atomic mass is 9.92. The van der Waals surface area contributed by atoms with E-state index in [1.807, 2.05) is 43.4 Å². The summed E-state index contributed by atoms with van der Waals surface area (Å²) in [5.74, 6) is 2.20. The van der Waals surface area contributed by atoms with Crippen LogP contribution in [0.25, 0.3) is 11.3 Å². The molecule has 1 N–H and O–H groups in total. The number of fused-ring (bicyclic) bond motifs is 1. The van der Waals surface area contributed by atoms with E-state index < -0.39 is 0 Å². The molecule has 1 aliphatic rings. The van der Waals surface area contributed by atoms with Gasteiger partial charge in [0, 0.05) is 29.1 Å². The number of carbonyl (C=O) groups excluding carboxylic acids is 1. The fraction of sp³-hybridized carbons (Fsp3) is 0.176. The van der Waals surface area contributed by atoms with Crippen LogP contribution in [0.1, 0.15) is 23.7 Å². The van der Waals surface area contributed by atoms with E-state index in [9.17, 15) is 4.79 Å². The predicted octanol–water partition coefficient (Wildman–Crippen LogP) is 3.92.